The minimum Gasteiger partial charge on any atom is -0.336 e. The Bertz CT molecular complexity index is 623. The number of piperidine rings is 1. The lowest BCUT2D eigenvalue weighted by Gasteiger charge is -2.41. The van der Waals surface area contributed by atoms with Gasteiger partial charge in [-0.1, -0.05) is 6.07 Å². The maximum absolute atomic E-state index is 13.8. The Labute approximate surface area is 133 Å². The molecule has 0 saturated carbocycles. The lowest BCUT2D eigenvalue weighted by Crippen LogP contribution is -2.57. The minimum absolute atomic E-state index is 0.0208. The van der Waals surface area contributed by atoms with Crippen LogP contribution in [0.4, 0.5) is 8.78 Å². The predicted octanol–water partition coefficient (Wildman–Crippen LogP) is 1.00. The molecule has 0 bridgehead atoms. The van der Waals surface area contributed by atoms with Gasteiger partial charge in [0.2, 0.25) is 5.91 Å². The predicted molar refractivity (Wildman–Crippen MR) is 79.9 cm³/mol. The lowest BCUT2D eigenvalue weighted by atomic mass is 10.0. The Morgan fingerprint density at radius 3 is 2.87 bits per heavy atom. The number of carbonyl (C=O) groups excluding carboxylic acids is 2. The summed E-state index contributed by atoms with van der Waals surface area (Å²) < 4.78 is 27.1. The minimum atomic E-state index is -1.11. The van der Waals surface area contributed by atoms with E-state index in [1.165, 1.54) is 17.0 Å². The molecular formula is C16H19F2N3O2. The van der Waals surface area contributed by atoms with E-state index in [2.05, 4.69) is 5.32 Å². The summed E-state index contributed by atoms with van der Waals surface area (Å²) in [5, 5.41) is 3.01. The van der Waals surface area contributed by atoms with Gasteiger partial charge < -0.3 is 15.1 Å². The van der Waals surface area contributed by atoms with Gasteiger partial charge in [-0.25, -0.2) is 8.78 Å². The maximum atomic E-state index is 13.8. The van der Waals surface area contributed by atoms with Crippen molar-refractivity contribution in [1.82, 2.24) is 15.1 Å². The Balaban J connectivity index is 1.74. The lowest BCUT2D eigenvalue weighted by molar-refractivity contribution is -0.135. The van der Waals surface area contributed by atoms with E-state index in [0.29, 0.717) is 26.2 Å². The van der Waals surface area contributed by atoms with E-state index in [4.69, 9.17) is 0 Å². The molecular weight excluding hydrogens is 304 g/mol. The van der Waals surface area contributed by atoms with Gasteiger partial charge >= 0.3 is 0 Å². The molecule has 1 aromatic carbocycles. The summed E-state index contributed by atoms with van der Waals surface area (Å²) >= 11 is 0. The average Bonchev–Trinajstić information content (AvgIpc) is 2.57. The summed E-state index contributed by atoms with van der Waals surface area (Å²) in [6, 6.07) is 3.55. The van der Waals surface area contributed by atoms with E-state index in [1.807, 2.05) is 0 Å². The molecule has 124 valence electrons. The van der Waals surface area contributed by atoms with Crippen LogP contribution in [0.3, 0.4) is 0 Å². The Morgan fingerprint density at radius 1 is 1.26 bits per heavy atom. The van der Waals surface area contributed by atoms with E-state index >= 15 is 0 Å². The molecule has 2 heterocycles. The van der Waals surface area contributed by atoms with E-state index in [9.17, 15) is 18.4 Å². The van der Waals surface area contributed by atoms with Gasteiger partial charge in [0.05, 0.1) is 12.1 Å². The fourth-order valence-electron chi connectivity index (χ4n) is 3.24. The van der Waals surface area contributed by atoms with Crippen LogP contribution in [0.15, 0.2) is 18.2 Å². The first-order chi connectivity index (χ1) is 11.1. The van der Waals surface area contributed by atoms with Crippen LogP contribution in [-0.2, 0) is 4.79 Å². The highest BCUT2D eigenvalue weighted by Crippen LogP contribution is 2.20. The second kappa shape index (κ2) is 6.62. The number of rotatable bonds is 2. The van der Waals surface area contributed by atoms with Crippen molar-refractivity contribution in [2.45, 2.75) is 18.9 Å². The SMILES string of the molecule is O=C(c1cccc(F)c1F)N1CCCC(N2CCNCC2=O)C1. The topological polar surface area (TPSA) is 52.7 Å². The molecule has 1 unspecified atom stereocenters. The van der Waals surface area contributed by atoms with Gasteiger partial charge in [-0.2, -0.15) is 0 Å². The molecule has 5 nitrogen and oxygen atoms in total. The van der Waals surface area contributed by atoms with Crippen LogP contribution in [-0.4, -0.2) is 60.4 Å². The quantitative estimate of drug-likeness (QED) is 0.883. The summed E-state index contributed by atoms with van der Waals surface area (Å²) in [4.78, 5) is 27.8. The van der Waals surface area contributed by atoms with Crippen LogP contribution in [0.1, 0.15) is 23.2 Å². The molecule has 2 fully saturated rings. The second-order valence-electron chi connectivity index (χ2n) is 5.91. The molecule has 0 aliphatic carbocycles. The van der Waals surface area contributed by atoms with Gasteiger partial charge in [-0.3, -0.25) is 9.59 Å². The van der Waals surface area contributed by atoms with Crippen molar-refractivity contribution in [2.24, 2.45) is 0 Å². The van der Waals surface area contributed by atoms with Crippen molar-refractivity contribution >= 4 is 11.8 Å². The molecule has 7 heteroatoms. The molecule has 2 aliphatic rings. The zero-order valence-electron chi connectivity index (χ0n) is 12.7. The molecule has 2 saturated heterocycles. The average molecular weight is 323 g/mol. The first kappa shape index (κ1) is 15.9. The van der Waals surface area contributed by atoms with Crippen LogP contribution in [0, 0.1) is 11.6 Å². The molecule has 2 amide bonds. The molecule has 0 spiro atoms. The number of benzene rings is 1. The number of hydrogen-bond acceptors (Lipinski definition) is 3. The maximum Gasteiger partial charge on any atom is 0.257 e. The standard InChI is InChI=1S/C16H19F2N3O2/c17-13-5-1-4-12(15(13)18)16(23)20-7-2-3-11(10-20)21-8-6-19-9-14(21)22/h1,4-5,11,19H,2-3,6-10H2. The van der Waals surface area contributed by atoms with Gasteiger partial charge in [0, 0.05) is 32.2 Å². The van der Waals surface area contributed by atoms with Crippen LogP contribution >= 0.6 is 0 Å². The third-order valence-electron chi connectivity index (χ3n) is 4.43. The number of likely N-dealkylation sites (tertiary alicyclic amines) is 1. The number of nitrogens with one attached hydrogen (secondary N) is 1. The molecule has 1 atom stereocenters. The van der Waals surface area contributed by atoms with Crippen molar-refractivity contribution < 1.29 is 18.4 Å². The Hall–Kier alpha value is -2.02. The third-order valence-corrected chi connectivity index (χ3v) is 4.43. The monoisotopic (exact) mass is 323 g/mol. The summed E-state index contributed by atoms with van der Waals surface area (Å²) in [5.41, 5.74) is -0.253. The highest BCUT2D eigenvalue weighted by atomic mass is 19.2. The molecule has 1 aromatic rings. The van der Waals surface area contributed by atoms with Gasteiger partial charge in [-0.05, 0) is 25.0 Å². The fraction of sp³-hybridized carbons (Fsp3) is 0.500. The van der Waals surface area contributed by atoms with Crippen molar-refractivity contribution in [1.29, 1.82) is 0 Å². The normalized spacial score (nSPS) is 22.3. The summed E-state index contributed by atoms with van der Waals surface area (Å²) in [6.45, 7) is 2.50. The third kappa shape index (κ3) is 3.19. The van der Waals surface area contributed by atoms with Crippen LogP contribution in [0.5, 0.6) is 0 Å². The number of halogens is 2. The van der Waals surface area contributed by atoms with Crippen molar-refractivity contribution in [3.05, 3.63) is 35.4 Å². The molecule has 2 aliphatic heterocycles. The van der Waals surface area contributed by atoms with Gasteiger partial charge in [0.15, 0.2) is 11.6 Å². The highest BCUT2D eigenvalue weighted by Gasteiger charge is 2.32. The first-order valence-electron chi connectivity index (χ1n) is 7.81. The largest absolute Gasteiger partial charge is 0.336 e. The zero-order valence-corrected chi connectivity index (χ0v) is 12.7. The van der Waals surface area contributed by atoms with Crippen molar-refractivity contribution in [3.8, 4) is 0 Å². The van der Waals surface area contributed by atoms with Crippen LogP contribution in [0.25, 0.3) is 0 Å². The van der Waals surface area contributed by atoms with Gasteiger partial charge in [0.1, 0.15) is 0 Å². The molecule has 0 aromatic heterocycles. The molecule has 3 rings (SSSR count). The molecule has 0 radical (unpaired) electrons. The van der Waals surface area contributed by atoms with Gasteiger partial charge in [-0.15, -0.1) is 0 Å². The number of amides is 2. The molecule has 1 N–H and O–H groups in total. The van der Waals surface area contributed by atoms with Crippen molar-refractivity contribution in [2.75, 3.05) is 32.7 Å². The van der Waals surface area contributed by atoms with E-state index in [0.717, 1.165) is 25.5 Å². The summed E-state index contributed by atoms with van der Waals surface area (Å²) in [7, 11) is 0. The van der Waals surface area contributed by atoms with Crippen molar-refractivity contribution in [3.63, 3.8) is 0 Å². The summed E-state index contributed by atoms with van der Waals surface area (Å²) in [5.74, 6) is -2.64. The number of carbonyl (C=O) groups is 2. The van der Waals surface area contributed by atoms with E-state index < -0.39 is 17.5 Å². The fourth-order valence-corrected chi connectivity index (χ4v) is 3.24. The van der Waals surface area contributed by atoms with E-state index in [1.54, 1.807) is 4.90 Å². The van der Waals surface area contributed by atoms with Crippen LogP contribution in [0.2, 0.25) is 0 Å². The summed E-state index contributed by atoms with van der Waals surface area (Å²) in [6.07, 6.45) is 1.56. The number of piperazine rings is 1. The molecule has 23 heavy (non-hydrogen) atoms. The highest BCUT2D eigenvalue weighted by molar-refractivity contribution is 5.94. The van der Waals surface area contributed by atoms with E-state index in [-0.39, 0.29) is 17.5 Å². The Morgan fingerprint density at radius 2 is 2.09 bits per heavy atom. The Kier molecular flexibility index (Phi) is 4.56. The van der Waals surface area contributed by atoms with Crippen LogP contribution < -0.4 is 5.32 Å². The smallest absolute Gasteiger partial charge is 0.257 e. The second-order valence-corrected chi connectivity index (χ2v) is 5.91. The zero-order chi connectivity index (χ0) is 16.4. The number of nitrogens with zero attached hydrogens (tertiary/aromatic N) is 2. The first-order valence-corrected chi connectivity index (χ1v) is 7.81. The number of hydrogen-bond donors (Lipinski definition) is 1. The van der Waals surface area contributed by atoms with Gasteiger partial charge in [0.25, 0.3) is 5.91 Å².